The summed E-state index contributed by atoms with van der Waals surface area (Å²) in [6, 6.07) is 0. The molecule has 8 nitrogen and oxygen atoms in total. The predicted octanol–water partition coefficient (Wildman–Crippen LogP) is 4.12. The summed E-state index contributed by atoms with van der Waals surface area (Å²) in [5.41, 5.74) is 0. The summed E-state index contributed by atoms with van der Waals surface area (Å²) in [6.45, 7) is 1.81. The van der Waals surface area contributed by atoms with Gasteiger partial charge in [-0.1, -0.05) is 96.8 Å². The maximum absolute atomic E-state index is 11.9. The van der Waals surface area contributed by atoms with Gasteiger partial charge in [0.05, 0.1) is 5.75 Å². The fourth-order valence-corrected chi connectivity index (χ4v) is 4.54. The molecule has 30 heavy (non-hydrogen) atoms. The average Bonchev–Trinajstić information content (AvgIpc) is 2.62. The van der Waals surface area contributed by atoms with Crippen LogP contribution in [0.5, 0.6) is 0 Å². The van der Waals surface area contributed by atoms with Gasteiger partial charge in [-0.15, -0.1) is 0 Å². The molecule has 0 aliphatic carbocycles. The van der Waals surface area contributed by atoms with Crippen molar-refractivity contribution >= 4 is 26.1 Å². The third kappa shape index (κ3) is 18.1. The van der Waals surface area contributed by atoms with Crippen molar-refractivity contribution in [2.45, 2.75) is 108 Å². The Morgan fingerprint density at radius 3 is 1.50 bits per heavy atom. The van der Waals surface area contributed by atoms with Crippen molar-refractivity contribution < 1.29 is 30.7 Å². The lowest BCUT2D eigenvalue weighted by molar-refractivity contribution is -0.120. The third-order valence-electron chi connectivity index (χ3n) is 5.13. The number of nitrogens with one attached hydrogen (secondary N) is 1. The second-order valence-electron chi connectivity index (χ2n) is 7.97. The molecular weight excluding hydrogens is 430 g/mol. The minimum absolute atomic E-state index is 0.0193. The molecule has 180 valence electrons. The van der Waals surface area contributed by atoms with Gasteiger partial charge in [-0.2, -0.15) is 16.8 Å². The molecule has 10 heteroatoms. The van der Waals surface area contributed by atoms with E-state index < -0.39 is 43.7 Å². The van der Waals surface area contributed by atoms with Crippen LogP contribution in [-0.4, -0.2) is 49.4 Å². The van der Waals surface area contributed by atoms with E-state index in [1.54, 1.807) is 0 Å². The third-order valence-corrected chi connectivity index (χ3v) is 7.02. The zero-order valence-electron chi connectivity index (χ0n) is 18.4. The molecule has 0 heterocycles. The van der Waals surface area contributed by atoms with Gasteiger partial charge in [0.2, 0.25) is 5.91 Å². The first-order chi connectivity index (χ1) is 14.1. The van der Waals surface area contributed by atoms with Crippen molar-refractivity contribution in [2.75, 3.05) is 12.3 Å². The molecule has 0 aliphatic rings. The van der Waals surface area contributed by atoms with E-state index in [1.165, 1.54) is 57.8 Å². The number of unbranched alkanes of at least 4 members (excludes halogenated alkanes) is 13. The van der Waals surface area contributed by atoms with Gasteiger partial charge in [0.15, 0.2) is 5.25 Å². The maximum Gasteiger partial charge on any atom is 0.276 e. The van der Waals surface area contributed by atoms with Crippen LogP contribution < -0.4 is 5.32 Å². The molecule has 0 saturated heterocycles. The molecule has 0 radical (unpaired) electrons. The molecule has 0 aromatic carbocycles. The van der Waals surface area contributed by atoms with E-state index in [4.69, 9.17) is 4.55 Å². The Labute approximate surface area is 183 Å². The predicted molar refractivity (Wildman–Crippen MR) is 120 cm³/mol. The standard InChI is InChI=1S/C20H41NO7S2/c1-2-3-4-5-6-7-8-9-10-11-12-13-14-15-16-19(30(26,27)28)20(22)21-17-18-29(23,24)25/h19H,2-18H2,1H3,(H,21,22)(H,23,24,25)(H,26,27,28). The Morgan fingerprint density at radius 2 is 1.13 bits per heavy atom. The fourth-order valence-electron chi connectivity index (χ4n) is 3.36. The summed E-state index contributed by atoms with van der Waals surface area (Å²) >= 11 is 0. The molecule has 0 bridgehead atoms. The first kappa shape index (κ1) is 29.3. The number of rotatable bonds is 20. The minimum atomic E-state index is -4.57. The number of carbonyl (C=O) groups is 1. The second kappa shape index (κ2) is 16.9. The van der Waals surface area contributed by atoms with E-state index in [9.17, 15) is 26.2 Å². The Morgan fingerprint density at radius 1 is 0.733 bits per heavy atom. The van der Waals surface area contributed by atoms with Gasteiger partial charge < -0.3 is 5.32 Å². The molecule has 0 aromatic heterocycles. The summed E-state index contributed by atoms with van der Waals surface area (Å²) in [5.74, 6) is -1.66. The molecule has 0 spiro atoms. The summed E-state index contributed by atoms with van der Waals surface area (Å²) in [5, 5.41) is 0.514. The molecule has 0 aromatic rings. The van der Waals surface area contributed by atoms with Crippen molar-refractivity contribution in [2.24, 2.45) is 0 Å². The smallest absolute Gasteiger partial charge is 0.276 e. The van der Waals surface area contributed by atoms with Crippen LogP contribution in [0.3, 0.4) is 0 Å². The molecule has 0 rings (SSSR count). The Bertz CT molecular complexity index is 648. The molecule has 0 saturated carbocycles. The van der Waals surface area contributed by atoms with E-state index in [2.05, 4.69) is 12.2 Å². The van der Waals surface area contributed by atoms with Gasteiger partial charge in [0, 0.05) is 6.54 Å². The van der Waals surface area contributed by atoms with Crippen LogP contribution in [0.1, 0.15) is 103 Å². The highest BCUT2D eigenvalue weighted by Crippen LogP contribution is 2.15. The zero-order chi connectivity index (χ0) is 22.9. The van der Waals surface area contributed by atoms with Crippen molar-refractivity contribution in [3.8, 4) is 0 Å². The summed E-state index contributed by atoms with van der Waals surface area (Å²) in [6.07, 6.45) is 16.1. The molecule has 0 aliphatic heterocycles. The van der Waals surface area contributed by atoms with Crippen LogP contribution in [-0.2, 0) is 25.0 Å². The summed E-state index contributed by atoms with van der Waals surface area (Å²) in [7, 11) is -8.82. The van der Waals surface area contributed by atoms with Gasteiger partial charge in [-0.05, 0) is 6.42 Å². The lowest BCUT2D eigenvalue weighted by Gasteiger charge is -2.13. The van der Waals surface area contributed by atoms with E-state index in [1.807, 2.05) is 0 Å². The second-order valence-corrected chi connectivity index (χ2v) is 11.1. The van der Waals surface area contributed by atoms with Gasteiger partial charge in [-0.25, -0.2) is 0 Å². The van der Waals surface area contributed by atoms with Crippen LogP contribution >= 0.6 is 0 Å². The van der Waals surface area contributed by atoms with Crippen molar-refractivity contribution in [1.29, 1.82) is 0 Å². The van der Waals surface area contributed by atoms with Gasteiger partial charge >= 0.3 is 0 Å². The lowest BCUT2D eigenvalue weighted by atomic mass is 10.0. The Kier molecular flexibility index (Phi) is 16.5. The van der Waals surface area contributed by atoms with E-state index >= 15 is 0 Å². The van der Waals surface area contributed by atoms with E-state index in [0.717, 1.165) is 25.7 Å². The van der Waals surface area contributed by atoms with Crippen LogP contribution in [0, 0.1) is 0 Å². The normalized spacial score (nSPS) is 13.3. The van der Waals surface area contributed by atoms with E-state index in [0.29, 0.717) is 6.42 Å². The molecule has 0 fully saturated rings. The number of hydrogen-bond acceptors (Lipinski definition) is 5. The average molecular weight is 472 g/mol. The number of hydrogen-bond donors (Lipinski definition) is 3. The van der Waals surface area contributed by atoms with Crippen LogP contribution in [0.4, 0.5) is 0 Å². The SMILES string of the molecule is CCCCCCCCCCCCCCCCC(C(=O)NCCS(=O)(=O)O)S(=O)(=O)O. The van der Waals surface area contributed by atoms with Gasteiger partial charge in [-0.3, -0.25) is 13.9 Å². The highest BCUT2D eigenvalue weighted by Gasteiger charge is 2.30. The van der Waals surface area contributed by atoms with Gasteiger partial charge in [0.25, 0.3) is 20.2 Å². The van der Waals surface area contributed by atoms with E-state index in [-0.39, 0.29) is 6.42 Å². The fraction of sp³-hybridized carbons (Fsp3) is 0.950. The van der Waals surface area contributed by atoms with Crippen LogP contribution in [0.25, 0.3) is 0 Å². The maximum atomic E-state index is 11.9. The lowest BCUT2D eigenvalue weighted by Crippen LogP contribution is -2.41. The van der Waals surface area contributed by atoms with Gasteiger partial charge in [0.1, 0.15) is 0 Å². The number of amides is 1. The monoisotopic (exact) mass is 471 g/mol. The molecule has 1 amide bonds. The first-order valence-corrected chi connectivity index (χ1v) is 14.4. The largest absolute Gasteiger partial charge is 0.354 e. The number of carbonyl (C=O) groups excluding carboxylic acids is 1. The van der Waals surface area contributed by atoms with Crippen LogP contribution in [0.2, 0.25) is 0 Å². The summed E-state index contributed by atoms with van der Waals surface area (Å²) < 4.78 is 62.0. The summed E-state index contributed by atoms with van der Waals surface area (Å²) in [4.78, 5) is 11.9. The van der Waals surface area contributed by atoms with Crippen molar-refractivity contribution in [1.82, 2.24) is 5.32 Å². The highest BCUT2D eigenvalue weighted by atomic mass is 32.2. The van der Waals surface area contributed by atoms with Crippen molar-refractivity contribution in [3.63, 3.8) is 0 Å². The Balaban J connectivity index is 3.82. The molecule has 1 unspecified atom stereocenters. The van der Waals surface area contributed by atoms with Crippen molar-refractivity contribution in [3.05, 3.63) is 0 Å². The molecular formula is C20H41NO7S2. The van der Waals surface area contributed by atoms with Crippen LogP contribution in [0.15, 0.2) is 0 Å². The quantitative estimate of drug-likeness (QED) is 0.179. The topological polar surface area (TPSA) is 138 Å². The molecule has 3 N–H and O–H groups in total. The highest BCUT2D eigenvalue weighted by molar-refractivity contribution is 7.87. The minimum Gasteiger partial charge on any atom is -0.354 e. The first-order valence-electron chi connectivity index (χ1n) is 11.3. The zero-order valence-corrected chi connectivity index (χ0v) is 20.0. The molecule has 1 atom stereocenters. The Hall–Kier alpha value is -0.710.